The summed E-state index contributed by atoms with van der Waals surface area (Å²) in [5, 5.41) is 2.66. The highest BCUT2D eigenvalue weighted by molar-refractivity contribution is 5.94. The maximum absolute atomic E-state index is 14.7. The standard InChI is InChI=1S/C18H15F2N3O3/c1-3-26-18(24)15-10(19)8-13(16(20)17(15)25-2)23-14-9-21-11-6-4-5-7-12(11)22-14/h4-9H,3H2,1-2H3,(H,22,23). The summed E-state index contributed by atoms with van der Waals surface area (Å²) in [6, 6.07) is 7.98. The van der Waals surface area contributed by atoms with Gasteiger partial charge in [-0.2, -0.15) is 0 Å². The Kier molecular flexibility index (Phi) is 4.92. The Labute approximate surface area is 147 Å². The van der Waals surface area contributed by atoms with Crippen LogP contribution < -0.4 is 10.1 Å². The van der Waals surface area contributed by atoms with E-state index >= 15 is 0 Å². The highest BCUT2D eigenvalue weighted by atomic mass is 19.1. The number of esters is 1. The molecule has 26 heavy (non-hydrogen) atoms. The van der Waals surface area contributed by atoms with Crippen LogP contribution in [-0.4, -0.2) is 29.7 Å². The molecule has 3 rings (SSSR count). The van der Waals surface area contributed by atoms with E-state index in [1.54, 1.807) is 25.1 Å². The van der Waals surface area contributed by atoms with Gasteiger partial charge in [0, 0.05) is 6.07 Å². The smallest absolute Gasteiger partial charge is 0.345 e. The second-order valence-corrected chi connectivity index (χ2v) is 5.22. The Hall–Kier alpha value is -3.29. The van der Waals surface area contributed by atoms with E-state index in [9.17, 15) is 13.6 Å². The number of hydrogen-bond acceptors (Lipinski definition) is 6. The zero-order valence-electron chi connectivity index (χ0n) is 14.0. The summed E-state index contributed by atoms with van der Waals surface area (Å²) in [6.07, 6.45) is 1.39. The Morgan fingerprint density at radius 2 is 1.96 bits per heavy atom. The van der Waals surface area contributed by atoms with Gasteiger partial charge < -0.3 is 14.8 Å². The molecule has 134 valence electrons. The quantitative estimate of drug-likeness (QED) is 0.698. The number of hydrogen-bond donors (Lipinski definition) is 1. The van der Waals surface area contributed by atoms with E-state index in [1.807, 2.05) is 6.07 Å². The van der Waals surface area contributed by atoms with Gasteiger partial charge in [0.05, 0.1) is 36.6 Å². The molecule has 8 heteroatoms. The highest BCUT2D eigenvalue weighted by Crippen LogP contribution is 2.33. The normalized spacial score (nSPS) is 10.6. The van der Waals surface area contributed by atoms with Crippen LogP contribution >= 0.6 is 0 Å². The molecule has 0 fully saturated rings. The van der Waals surface area contributed by atoms with Crippen molar-refractivity contribution in [1.29, 1.82) is 0 Å². The number of rotatable bonds is 5. The molecule has 0 saturated heterocycles. The Balaban J connectivity index is 2.01. The fraction of sp³-hybridized carbons (Fsp3) is 0.167. The topological polar surface area (TPSA) is 73.3 Å². The van der Waals surface area contributed by atoms with Gasteiger partial charge in [-0.3, -0.25) is 4.98 Å². The lowest BCUT2D eigenvalue weighted by atomic mass is 10.1. The molecule has 1 heterocycles. The number of carbonyl (C=O) groups excluding carboxylic acids is 1. The molecule has 0 aliphatic rings. The summed E-state index contributed by atoms with van der Waals surface area (Å²) in [5.74, 6) is -3.24. The van der Waals surface area contributed by atoms with E-state index < -0.39 is 28.9 Å². The monoisotopic (exact) mass is 359 g/mol. The van der Waals surface area contributed by atoms with Gasteiger partial charge in [-0.15, -0.1) is 0 Å². The number of fused-ring (bicyclic) bond motifs is 1. The van der Waals surface area contributed by atoms with Crippen LogP contribution in [0.5, 0.6) is 5.75 Å². The van der Waals surface area contributed by atoms with Gasteiger partial charge in [0.2, 0.25) is 0 Å². The molecule has 0 spiro atoms. The van der Waals surface area contributed by atoms with Crippen LogP contribution in [0.3, 0.4) is 0 Å². The molecular weight excluding hydrogens is 344 g/mol. The van der Waals surface area contributed by atoms with Gasteiger partial charge >= 0.3 is 5.97 Å². The van der Waals surface area contributed by atoms with E-state index in [1.165, 1.54) is 6.20 Å². The summed E-state index contributed by atoms with van der Waals surface area (Å²) in [7, 11) is 1.14. The fourth-order valence-electron chi connectivity index (χ4n) is 2.43. The minimum Gasteiger partial charge on any atom is -0.493 e. The van der Waals surface area contributed by atoms with Crippen molar-refractivity contribution in [2.45, 2.75) is 6.92 Å². The number of aromatic nitrogens is 2. The fourth-order valence-corrected chi connectivity index (χ4v) is 2.43. The second-order valence-electron chi connectivity index (χ2n) is 5.22. The average molecular weight is 359 g/mol. The van der Waals surface area contributed by atoms with Crippen LogP contribution in [0.25, 0.3) is 11.0 Å². The van der Waals surface area contributed by atoms with Crippen LogP contribution in [0.4, 0.5) is 20.3 Å². The van der Waals surface area contributed by atoms with E-state index in [0.29, 0.717) is 11.0 Å². The maximum atomic E-state index is 14.7. The number of anilines is 2. The van der Waals surface area contributed by atoms with Crippen molar-refractivity contribution in [3.05, 3.63) is 53.7 Å². The van der Waals surface area contributed by atoms with Crippen LogP contribution in [0, 0.1) is 11.6 Å². The first kappa shape index (κ1) is 17.5. The molecule has 3 aromatic rings. The zero-order chi connectivity index (χ0) is 18.7. The molecule has 0 bridgehead atoms. The van der Waals surface area contributed by atoms with Crippen LogP contribution in [0.15, 0.2) is 36.5 Å². The lowest BCUT2D eigenvalue weighted by Crippen LogP contribution is -2.12. The minimum absolute atomic E-state index is 0.0235. The lowest BCUT2D eigenvalue weighted by molar-refractivity contribution is 0.0516. The van der Waals surface area contributed by atoms with Crippen LogP contribution in [-0.2, 0) is 4.74 Å². The summed E-state index contributed by atoms with van der Waals surface area (Å²) in [6.45, 7) is 1.59. The van der Waals surface area contributed by atoms with Gasteiger partial charge in [-0.05, 0) is 19.1 Å². The number of nitrogens with one attached hydrogen (secondary N) is 1. The van der Waals surface area contributed by atoms with Crippen molar-refractivity contribution in [3.63, 3.8) is 0 Å². The summed E-state index contributed by atoms with van der Waals surface area (Å²) >= 11 is 0. The molecule has 0 amide bonds. The Morgan fingerprint density at radius 3 is 2.65 bits per heavy atom. The number of ether oxygens (including phenoxy) is 2. The third kappa shape index (κ3) is 3.26. The predicted octanol–water partition coefficient (Wildman–Crippen LogP) is 3.84. The Bertz CT molecular complexity index is 979. The zero-order valence-corrected chi connectivity index (χ0v) is 14.0. The number of benzene rings is 2. The van der Waals surface area contributed by atoms with Crippen molar-refractivity contribution < 1.29 is 23.0 Å². The minimum atomic E-state index is -1.00. The molecule has 0 radical (unpaired) electrons. The van der Waals surface area contributed by atoms with E-state index in [2.05, 4.69) is 15.3 Å². The van der Waals surface area contributed by atoms with Crippen LogP contribution in [0.1, 0.15) is 17.3 Å². The van der Waals surface area contributed by atoms with Gasteiger partial charge in [0.25, 0.3) is 0 Å². The molecule has 0 unspecified atom stereocenters. The number of nitrogens with zero attached hydrogens (tertiary/aromatic N) is 2. The molecular formula is C18H15F2N3O3. The Morgan fingerprint density at radius 1 is 1.23 bits per heavy atom. The molecule has 6 nitrogen and oxygen atoms in total. The molecule has 1 aromatic heterocycles. The van der Waals surface area contributed by atoms with E-state index in [0.717, 1.165) is 13.2 Å². The first-order valence-electron chi connectivity index (χ1n) is 7.77. The van der Waals surface area contributed by atoms with E-state index in [-0.39, 0.29) is 18.1 Å². The number of para-hydroxylation sites is 2. The molecule has 1 N–H and O–H groups in total. The summed E-state index contributed by atoms with van der Waals surface area (Å²) in [5.41, 5.74) is 0.424. The average Bonchev–Trinajstić information content (AvgIpc) is 2.64. The largest absolute Gasteiger partial charge is 0.493 e. The summed E-state index contributed by atoms with van der Waals surface area (Å²) < 4.78 is 38.7. The first-order valence-corrected chi connectivity index (χ1v) is 7.77. The number of carbonyl (C=O) groups is 1. The van der Waals surface area contributed by atoms with Crippen molar-refractivity contribution in [3.8, 4) is 5.75 Å². The van der Waals surface area contributed by atoms with Crippen molar-refractivity contribution in [2.75, 3.05) is 19.0 Å². The van der Waals surface area contributed by atoms with Crippen molar-refractivity contribution in [1.82, 2.24) is 9.97 Å². The van der Waals surface area contributed by atoms with Gasteiger partial charge in [-0.25, -0.2) is 18.6 Å². The second kappa shape index (κ2) is 7.30. The lowest BCUT2D eigenvalue weighted by Gasteiger charge is -2.14. The number of halogens is 2. The summed E-state index contributed by atoms with van der Waals surface area (Å²) in [4.78, 5) is 20.3. The van der Waals surface area contributed by atoms with Gasteiger partial charge in [0.1, 0.15) is 17.2 Å². The third-order valence-corrected chi connectivity index (χ3v) is 3.57. The van der Waals surface area contributed by atoms with Crippen molar-refractivity contribution in [2.24, 2.45) is 0 Å². The SMILES string of the molecule is CCOC(=O)c1c(F)cc(Nc2cnc3ccccc3n2)c(F)c1OC. The molecule has 0 aliphatic heterocycles. The highest BCUT2D eigenvalue weighted by Gasteiger charge is 2.26. The predicted molar refractivity (Wildman–Crippen MR) is 91.7 cm³/mol. The molecule has 0 atom stereocenters. The van der Waals surface area contributed by atoms with E-state index in [4.69, 9.17) is 9.47 Å². The molecule has 0 aliphatic carbocycles. The number of methoxy groups -OCH3 is 1. The molecule has 0 saturated carbocycles. The first-order chi connectivity index (χ1) is 12.5. The molecule has 2 aromatic carbocycles. The maximum Gasteiger partial charge on any atom is 0.345 e. The van der Waals surface area contributed by atoms with Gasteiger partial charge in [0.15, 0.2) is 11.6 Å². The van der Waals surface area contributed by atoms with Crippen LogP contribution in [0.2, 0.25) is 0 Å². The van der Waals surface area contributed by atoms with Crippen molar-refractivity contribution >= 4 is 28.5 Å². The third-order valence-electron chi connectivity index (χ3n) is 3.57. The van der Waals surface area contributed by atoms with Gasteiger partial charge in [-0.1, -0.05) is 12.1 Å².